The predicted molar refractivity (Wildman–Crippen MR) is 109 cm³/mol. The molecule has 0 aliphatic carbocycles. The zero-order chi connectivity index (χ0) is 20.3. The zero-order valence-electron chi connectivity index (χ0n) is 16.6. The van der Waals surface area contributed by atoms with Crippen molar-refractivity contribution in [3.05, 3.63) is 70.6 Å². The summed E-state index contributed by atoms with van der Waals surface area (Å²) >= 11 is 0. The molecule has 0 radical (unpaired) electrons. The average Bonchev–Trinajstić information content (AvgIpc) is 2.73. The van der Waals surface area contributed by atoms with E-state index in [1.54, 1.807) is 22.9 Å². The van der Waals surface area contributed by atoms with Crippen LogP contribution >= 0.6 is 0 Å². The van der Waals surface area contributed by atoms with Crippen LogP contribution in [-0.4, -0.2) is 45.3 Å². The number of amides is 1. The number of benzene rings is 1. The van der Waals surface area contributed by atoms with Gasteiger partial charge in [-0.15, -0.1) is 0 Å². The fourth-order valence-electron chi connectivity index (χ4n) is 4.53. The molecular weight excluding hydrogens is 368 g/mol. The Morgan fingerprint density at radius 3 is 2.55 bits per heavy atom. The quantitative estimate of drug-likeness (QED) is 0.862. The maximum atomic E-state index is 12.6. The number of aromatic nitrogens is 1. The molecule has 4 rings (SSSR count). The van der Waals surface area contributed by atoms with E-state index in [4.69, 9.17) is 4.74 Å². The number of pyridine rings is 1. The van der Waals surface area contributed by atoms with Crippen molar-refractivity contribution in [3.8, 4) is 0 Å². The number of nitrogens with zero attached hydrogens (tertiary/aromatic N) is 2. The highest BCUT2D eigenvalue weighted by Crippen LogP contribution is 2.42. The van der Waals surface area contributed by atoms with E-state index in [1.165, 1.54) is 6.07 Å². The molecule has 1 N–H and O–H groups in total. The highest BCUT2D eigenvalue weighted by atomic mass is 16.5. The average molecular weight is 396 g/mol. The van der Waals surface area contributed by atoms with E-state index in [-0.39, 0.29) is 29.3 Å². The lowest BCUT2D eigenvalue weighted by atomic mass is 9.81. The van der Waals surface area contributed by atoms with Crippen LogP contribution in [0, 0.1) is 0 Å². The maximum absolute atomic E-state index is 12.6. The summed E-state index contributed by atoms with van der Waals surface area (Å²) in [5.41, 5.74) is 0.637. The second-order valence-electron chi connectivity index (χ2n) is 8.16. The van der Waals surface area contributed by atoms with Gasteiger partial charge in [-0.3, -0.25) is 9.59 Å². The molecule has 29 heavy (non-hydrogen) atoms. The van der Waals surface area contributed by atoms with Gasteiger partial charge >= 0.3 is 0 Å². The Bertz CT molecular complexity index is 887. The number of ether oxygens (including phenoxy) is 1. The Labute approximate surface area is 170 Å². The molecule has 0 bridgehead atoms. The van der Waals surface area contributed by atoms with E-state index in [2.05, 4.69) is 0 Å². The van der Waals surface area contributed by atoms with E-state index in [1.807, 2.05) is 35.2 Å². The van der Waals surface area contributed by atoms with Gasteiger partial charge in [0.1, 0.15) is 0 Å². The van der Waals surface area contributed by atoms with Gasteiger partial charge in [-0.25, -0.2) is 0 Å². The number of hydrogen-bond donors (Lipinski definition) is 1. The molecule has 1 spiro atoms. The first kappa shape index (κ1) is 19.9. The number of aliphatic hydroxyl groups is 1. The van der Waals surface area contributed by atoms with E-state index in [0.29, 0.717) is 38.9 Å². The topological polar surface area (TPSA) is 71.8 Å². The van der Waals surface area contributed by atoms with Crippen molar-refractivity contribution in [3.63, 3.8) is 0 Å². The SMILES string of the molecule is O=C(CCn1ccccc1=O)N1CCC2(CC1)C[C@H](O)C[C@H](c1ccccc1)O2. The molecular formula is C23H28N2O4. The van der Waals surface area contributed by atoms with Crippen molar-refractivity contribution < 1.29 is 14.6 Å². The van der Waals surface area contributed by atoms with Crippen LogP contribution in [0.3, 0.4) is 0 Å². The second kappa shape index (κ2) is 8.51. The van der Waals surface area contributed by atoms with Crippen molar-refractivity contribution in [1.82, 2.24) is 9.47 Å². The molecule has 0 unspecified atom stereocenters. The Morgan fingerprint density at radius 2 is 1.83 bits per heavy atom. The summed E-state index contributed by atoms with van der Waals surface area (Å²) in [4.78, 5) is 26.3. The van der Waals surface area contributed by atoms with Crippen LogP contribution < -0.4 is 5.56 Å². The summed E-state index contributed by atoms with van der Waals surface area (Å²) in [7, 11) is 0. The minimum Gasteiger partial charge on any atom is -0.393 e. The monoisotopic (exact) mass is 396 g/mol. The second-order valence-corrected chi connectivity index (χ2v) is 8.16. The van der Waals surface area contributed by atoms with Crippen LogP contribution in [0.15, 0.2) is 59.5 Å². The zero-order valence-corrected chi connectivity index (χ0v) is 16.6. The molecule has 0 saturated carbocycles. The first-order chi connectivity index (χ1) is 14.0. The summed E-state index contributed by atoms with van der Waals surface area (Å²) in [6, 6.07) is 15.0. The van der Waals surface area contributed by atoms with Crippen molar-refractivity contribution in [1.29, 1.82) is 0 Å². The van der Waals surface area contributed by atoms with Crippen molar-refractivity contribution in [2.75, 3.05) is 13.1 Å². The third-order valence-corrected chi connectivity index (χ3v) is 6.15. The Balaban J connectivity index is 1.35. The number of aliphatic hydroxyl groups excluding tert-OH is 1. The van der Waals surface area contributed by atoms with Crippen LogP contribution in [-0.2, 0) is 16.1 Å². The summed E-state index contributed by atoms with van der Waals surface area (Å²) in [6.45, 7) is 1.64. The van der Waals surface area contributed by atoms with Gasteiger partial charge < -0.3 is 19.3 Å². The number of hydrogen-bond acceptors (Lipinski definition) is 4. The highest BCUT2D eigenvalue weighted by Gasteiger charge is 2.44. The summed E-state index contributed by atoms with van der Waals surface area (Å²) < 4.78 is 8.06. The lowest BCUT2D eigenvalue weighted by Crippen LogP contribution is -2.52. The molecule has 2 aliphatic rings. The van der Waals surface area contributed by atoms with E-state index < -0.39 is 0 Å². The summed E-state index contributed by atoms with van der Waals surface area (Å²) in [5, 5.41) is 10.5. The highest BCUT2D eigenvalue weighted by molar-refractivity contribution is 5.76. The fraction of sp³-hybridized carbons (Fsp3) is 0.478. The lowest BCUT2D eigenvalue weighted by Gasteiger charge is -2.48. The van der Waals surface area contributed by atoms with Crippen LogP contribution in [0.1, 0.15) is 43.8 Å². The molecule has 2 saturated heterocycles. The van der Waals surface area contributed by atoms with Crippen LogP contribution in [0.2, 0.25) is 0 Å². The predicted octanol–water partition coefficient (Wildman–Crippen LogP) is 2.51. The molecule has 1 aromatic carbocycles. The molecule has 2 aromatic rings. The third kappa shape index (κ3) is 4.60. The van der Waals surface area contributed by atoms with Crippen LogP contribution in [0.25, 0.3) is 0 Å². The van der Waals surface area contributed by atoms with Gasteiger partial charge in [0, 0.05) is 51.2 Å². The van der Waals surface area contributed by atoms with Gasteiger partial charge in [0.2, 0.25) is 5.91 Å². The molecule has 154 valence electrons. The number of aryl methyl sites for hydroxylation is 1. The van der Waals surface area contributed by atoms with Gasteiger partial charge in [-0.05, 0) is 24.5 Å². The van der Waals surface area contributed by atoms with E-state index in [0.717, 1.165) is 18.4 Å². The molecule has 2 fully saturated rings. The lowest BCUT2D eigenvalue weighted by molar-refractivity contribution is -0.185. The molecule has 2 aliphatic heterocycles. The van der Waals surface area contributed by atoms with Crippen molar-refractivity contribution >= 4 is 5.91 Å². The molecule has 3 heterocycles. The van der Waals surface area contributed by atoms with Gasteiger partial charge in [0.25, 0.3) is 5.56 Å². The third-order valence-electron chi connectivity index (χ3n) is 6.15. The number of carbonyl (C=O) groups excluding carboxylic acids is 1. The van der Waals surface area contributed by atoms with Crippen LogP contribution in [0.4, 0.5) is 0 Å². The fourth-order valence-corrected chi connectivity index (χ4v) is 4.53. The summed E-state index contributed by atoms with van der Waals surface area (Å²) in [6.07, 6.45) is 4.22. The Kier molecular flexibility index (Phi) is 5.83. The minimum absolute atomic E-state index is 0.0616. The van der Waals surface area contributed by atoms with Crippen molar-refractivity contribution in [2.24, 2.45) is 0 Å². The minimum atomic E-state index is -0.388. The molecule has 1 amide bonds. The Hall–Kier alpha value is -2.44. The van der Waals surface area contributed by atoms with Gasteiger partial charge in [0.15, 0.2) is 0 Å². The number of carbonyl (C=O) groups is 1. The molecule has 6 heteroatoms. The maximum Gasteiger partial charge on any atom is 0.250 e. The van der Waals surface area contributed by atoms with Crippen LogP contribution in [0.5, 0.6) is 0 Å². The first-order valence-electron chi connectivity index (χ1n) is 10.4. The normalized spacial score (nSPS) is 23.8. The molecule has 2 atom stereocenters. The molecule has 6 nitrogen and oxygen atoms in total. The van der Waals surface area contributed by atoms with Crippen molar-refractivity contribution in [2.45, 2.75) is 56.5 Å². The number of likely N-dealkylation sites (tertiary alicyclic amines) is 1. The Morgan fingerprint density at radius 1 is 1.10 bits per heavy atom. The van der Waals surface area contributed by atoms with Gasteiger partial charge in [-0.1, -0.05) is 36.4 Å². The number of piperidine rings is 1. The number of rotatable bonds is 4. The standard InChI is InChI=1S/C23H28N2O4/c26-19-16-20(18-6-2-1-3-7-18)29-23(17-19)10-14-25(15-11-23)22(28)9-13-24-12-5-4-8-21(24)27/h1-8,12,19-20,26H,9-11,13-17H2/t19-,20-/m1/s1. The first-order valence-corrected chi connectivity index (χ1v) is 10.4. The van der Waals surface area contributed by atoms with E-state index >= 15 is 0 Å². The van der Waals surface area contributed by atoms with Gasteiger partial charge in [0.05, 0.1) is 17.8 Å². The van der Waals surface area contributed by atoms with E-state index in [9.17, 15) is 14.7 Å². The molecule has 1 aromatic heterocycles. The summed E-state index contributed by atoms with van der Waals surface area (Å²) in [5.74, 6) is 0.0616. The van der Waals surface area contributed by atoms with Gasteiger partial charge in [-0.2, -0.15) is 0 Å². The smallest absolute Gasteiger partial charge is 0.250 e. The largest absolute Gasteiger partial charge is 0.393 e.